The fraction of sp³-hybridized carbons (Fsp3) is 0.0667. The molecule has 0 heterocycles. The zero-order chi connectivity index (χ0) is 41.8. The first kappa shape index (κ1) is 45.0. The molecule has 0 saturated heterocycles. The summed E-state index contributed by atoms with van der Waals surface area (Å²) in [7, 11) is 0. The maximum Gasteiger partial charge on any atom is -0.147 e. The van der Waals surface area contributed by atoms with Gasteiger partial charge >= 0.3 is 378 Å². The monoisotopic (exact) mass is 958 g/mol. The van der Waals surface area contributed by atoms with Gasteiger partial charge in [0.05, 0.1) is 0 Å². The third kappa shape index (κ3) is 8.54. The van der Waals surface area contributed by atoms with E-state index in [1.807, 2.05) is 0 Å². The largest absolute Gasteiger partial charge is 0.147 e. The van der Waals surface area contributed by atoms with Crippen molar-refractivity contribution in [1.29, 1.82) is 0 Å². The fourth-order valence-corrected chi connectivity index (χ4v) is 28.5. The summed E-state index contributed by atoms with van der Waals surface area (Å²) >= 11 is -3.15. The summed E-state index contributed by atoms with van der Waals surface area (Å²) in [5.74, 6) is 0.167. The van der Waals surface area contributed by atoms with Gasteiger partial charge in [-0.15, -0.1) is 24.8 Å². The van der Waals surface area contributed by atoms with E-state index in [1.165, 1.54) is 77.9 Å². The summed E-state index contributed by atoms with van der Waals surface area (Å²) in [6.45, 7) is 5.31. The van der Waals surface area contributed by atoms with E-state index in [1.54, 1.807) is 6.56 Å². The quantitative estimate of drug-likeness (QED) is 0.120. The molecular weight excluding hydrogens is 911 g/mol. The minimum absolute atomic E-state index is 0. The van der Waals surface area contributed by atoms with Crippen LogP contribution < -0.4 is 0 Å². The summed E-state index contributed by atoms with van der Waals surface area (Å²) in [5.41, 5.74) is 18.0. The van der Waals surface area contributed by atoms with Gasteiger partial charge in [0.15, 0.2) is 0 Å². The minimum Gasteiger partial charge on any atom is -0.147 e. The van der Waals surface area contributed by atoms with Crippen LogP contribution in [0.1, 0.15) is 56.3 Å². The molecule has 0 spiro atoms. The summed E-state index contributed by atoms with van der Waals surface area (Å²) in [6, 6.07) is 91.0. The van der Waals surface area contributed by atoms with Crippen LogP contribution in [0, 0.1) is 0 Å². The molecule has 2 aliphatic rings. The average molecular weight is 961 g/mol. The van der Waals surface area contributed by atoms with Crippen LogP contribution in [0.25, 0.3) is 33.4 Å². The third-order valence-electron chi connectivity index (χ3n) is 12.5. The SMILES string of the molecule is C[Si](C)=[Zr]([C]1=C(c2ccccc2)C(c2ccccc2)=C(c2ccccc2)C1c1ccccc1)[C]1=C(c2ccccc2)C(c2ccccc2)=C(c2ccccc2)C1c1ccccc1.Cl.Cl. The maximum absolute atomic E-state index is 3.15. The van der Waals surface area contributed by atoms with Crippen molar-refractivity contribution in [3.05, 3.63) is 294 Å². The average Bonchev–Trinajstić information content (AvgIpc) is 3.88. The molecule has 0 nitrogen and oxygen atoms in total. The molecule has 0 N–H and O–H groups in total. The Morgan fingerprint density at radius 2 is 0.500 bits per heavy atom. The van der Waals surface area contributed by atoms with Gasteiger partial charge in [0, 0.05) is 0 Å². The summed E-state index contributed by atoms with van der Waals surface area (Å²) in [5, 5.41) is 0. The van der Waals surface area contributed by atoms with E-state index >= 15 is 0 Å². The second kappa shape index (κ2) is 20.5. The first-order valence-corrected chi connectivity index (χ1v) is 30.4. The van der Waals surface area contributed by atoms with E-state index in [9.17, 15) is 0 Å². The van der Waals surface area contributed by atoms with E-state index in [-0.39, 0.29) is 36.6 Å². The predicted octanol–water partition coefficient (Wildman–Crippen LogP) is 16.3. The van der Waals surface area contributed by atoms with Gasteiger partial charge in [-0.1, -0.05) is 0 Å². The van der Waals surface area contributed by atoms with E-state index in [0.717, 1.165) is 0 Å². The van der Waals surface area contributed by atoms with Crippen molar-refractivity contribution in [2.24, 2.45) is 0 Å². The fourth-order valence-electron chi connectivity index (χ4n) is 10.1. The van der Waals surface area contributed by atoms with Crippen molar-refractivity contribution in [2.45, 2.75) is 24.9 Å². The number of benzene rings is 8. The van der Waals surface area contributed by atoms with Gasteiger partial charge in [0.25, 0.3) is 0 Å². The van der Waals surface area contributed by atoms with Crippen LogP contribution in [0.5, 0.6) is 0 Å². The molecule has 2 aliphatic carbocycles. The van der Waals surface area contributed by atoms with Crippen molar-refractivity contribution in [2.75, 3.05) is 0 Å². The summed E-state index contributed by atoms with van der Waals surface area (Å²) in [6.07, 6.45) is 0. The topological polar surface area (TPSA) is 0 Å². The van der Waals surface area contributed by atoms with Crippen molar-refractivity contribution in [3.63, 3.8) is 0 Å². The Kier molecular flexibility index (Phi) is 14.4. The molecule has 2 atom stereocenters. The second-order valence-electron chi connectivity index (χ2n) is 16.4. The Labute approximate surface area is 399 Å². The zero-order valence-corrected chi connectivity index (χ0v) is 41.2. The standard InChI is InChI=1S/2C29H21.C2H6Si.2ClH.Zr/c2*1-5-13-22(14-6-1)26-21-27(23-15-7-2-8-16-23)29(25-19-11-4-12-20-25)28(26)24-17-9-3-10-18-24;1-3-2;;;/h2*1-20,26H;1-2H3;2*1H;. The maximum atomic E-state index is 2.65. The normalized spacial score (nSPS) is 15.8. The molecule has 0 aliphatic heterocycles. The number of allylic oxidation sites excluding steroid dienone is 8. The molecule has 312 valence electrons. The summed E-state index contributed by atoms with van der Waals surface area (Å²) < 4.78 is 3.40. The smallest absolute Gasteiger partial charge is 0.147 e. The van der Waals surface area contributed by atoms with Crippen molar-refractivity contribution in [3.8, 4) is 0 Å². The second-order valence-corrected chi connectivity index (χ2v) is 33.2. The van der Waals surface area contributed by atoms with Crippen LogP contribution in [-0.4, -0.2) is 5.43 Å². The van der Waals surface area contributed by atoms with Crippen LogP contribution in [0.3, 0.4) is 0 Å². The van der Waals surface area contributed by atoms with E-state index < -0.39 is 25.8 Å². The van der Waals surface area contributed by atoms with Gasteiger partial charge in [0.1, 0.15) is 0 Å². The molecule has 8 aromatic carbocycles. The Morgan fingerprint density at radius 3 is 0.750 bits per heavy atom. The molecule has 10 rings (SSSR count). The first-order valence-electron chi connectivity index (χ1n) is 21.8. The first-order chi connectivity index (χ1) is 30.7. The van der Waals surface area contributed by atoms with Crippen LogP contribution in [0.2, 0.25) is 13.1 Å². The van der Waals surface area contributed by atoms with Gasteiger partial charge in [-0.2, -0.15) is 0 Å². The summed E-state index contributed by atoms with van der Waals surface area (Å²) in [4.78, 5) is 0. The molecular formula is C60H50Cl2SiZr. The van der Waals surface area contributed by atoms with E-state index in [4.69, 9.17) is 0 Å². The van der Waals surface area contributed by atoms with Gasteiger partial charge < -0.3 is 0 Å². The molecule has 0 bridgehead atoms. The Morgan fingerprint density at radius 1 is 0.281 bits per heavy atom. The van der Waals surface area contributed by atoms with E-state index in [0.29, 0.717) is 0 Å². The van der Waals surface area contributed by atoms with Crippen molar-refractivity contribution in [1.82, 2.24) is 0 Å². The van der Waals surface area contributed by atoms with Gasteiger partial charge in [-0.25, -0.2) is 0 Å². The van der Waals surface area contributed by atoms with E-state index in [2.05, 4.69) is 256 Å². The third-order valence-corrected chi connectivity index (χ3v) is 29.3. The molecule has 64 heavy (non-hydrogen) atoms. The van der Waals surface area contributed by atoms with Crippen LogP contribution in [-0.2, 0) is 20.4 Å². The molecule has 8 aromatic rings. The predicted molar refractivity (Wildman–Crippen MR) is 276 cm³/mol. The number of hydrogen-bond donors (Lipinski definition) is 0. The van der Waals surface area contributed by atoms with Crippen LogP contribution in [0.4, 0.5) is 0 Å². The zero-order valence-electron chi connectivity index (χ0n) is 36.1. The molecule has 0 radical (unpaired) electrons. The molecule has 0 amide bonds. The van der Waals surface area contributed by atoms with Crippen LogP contribution >= 0.6 is 24.8 Å². The number of rotatable bonds is 10. The molecule has 2 unspecified atom stereocenters. The Hall–Kier alpha value is -5.60. The Bertz CT molecular complexity index is 2810. The van der Waals surface area contributed by atoms with Gasteiger partial charge in [-0.3, -0.25) is 0 Å². The molecule has 0 saturated carbocycles. The number of halogens is 2. The number of hydrogen-bond acceptors (Lipinski definition) is 0. The van der Waals surface area contributed by atoms with Crippen molar-refractivity contribution < 1.29 is 20.4 Å². The molecule has 0 fully saturated rings. The minimum atomic E-state index is -3.15. The van der Waals surface area contributed by atoms with Gasteiger partial charge in [-0.05, 0) is 0 Å². The molecule has 4 heteroatoms. The molecule has 0 aromatic heterocycles. The Balaban J connectivity index is 0.00000280. The van der Waals surface area contributed by atoms with Crippen molar-refractivity contribution >= 4 is 63.7 Å². The van der Waals surface area contributed by atoms with Crippen LogP contribution in [0.15, 0.2) is 249 Å². The van der Waals surface area contributed by atoms with Gasteiger partial charge in [0.2, 0.25) is 0 Å².